The lowest BCUT2D eigenvalue weighted by Crippen LogP contribution is -2.03. The second kappa shape index (κ2) is 7.87. The minimum Gasteiger partial charge on any atom is -0.289 e. The zero-order valence-electron chi connectivity index (χ0n) is 14.2. The lowest BCUT2D eigenvalue weighted by molar-refractivity contribution is 0.104. The Morgan fingerprint density at radius 2 is 1.71 bits per heavy atom. The lowest BCUT2D eigenvalue weighted by Gasteiger charge is -2.07. The number of carbonyl (C=O) groups excluding carboxylic acids is 1. The number of aromatic nitrogens is 1. The van der Waals surface area contributed by atoms with Gasteiger partial charge >= 0.3 is 0 Å². The van der Waals surface area contributed by atoms with E-state index in [1.54, 1.807) is 6.20 Å². The normalized spacial score (nSPS) is 10.9. The van der Waals surface area contributed by atoms with Crippen LogP contribution in [0, 0.1) is 0 Å². The first-order valence-corrected chi connectivity index (χ1v) is 8.77. The molecule has 0 saturated heterocycles. The molecule has 0 atom stereocenters. The van der Waals surface area contributed by atoms with Crippen LogP contribution in [-0.2, 0) is 6.42 Å². The summed E-state index contributed by atoms with van der Waals surface area (Å²) in [6, 6.07) is 17.7. The zero-order valence-corrected chi connectivity index (χ0v) is 14.2. The maximum Gasteiger partial charge on any atom is 0.193 e. The number of unbranched alkanes of at least 4 members (excludes halogenated alkanes) is 3. The molecule has 3 rings (SSSR count). The van der Waals surface area contributed by atoms with E-state index in [9.17, 15) is 4.79 Å². The third-order valence-corrected chi connectivity index (χ3v) is 4.43. The summed E-state index contributed by atoms with van der Waals surface area (Å²) >= 11 is 0. The molecule has 0 unspecified atom stereocenters. The third-order valence-electron chi connectivity index (χ3n) is 4.43. The van der Waals surface area contributed by atoms with Gasteiger partial charge in [0, 0.05) is 22.7 Å². The number of rotatable bonds is 7. The lowest BCUT2D eigenvalue weighted by atomic mass is 9.98. The summed E-state index contributed by atoms with van der Waals surface area (Å²) in [7, 11) is 0. The second-order valence-electron chi connectivity index (χ2n) is 6.21. The molecule has 0 aliphatic heterocycles. The van der Waals surface area contributed by atoms with Gasteiger partial charge in [-0.25, -0.2) is 0 Å². The molecule has 2 heteroatoms. The van der Waals surface area contributed by atoms with Crippen molar-refractivity contribution >= 4 is 16.7 Å². The molecule has 24 heavy (non-hydrogen) atoms. The monoisotopic (exact) mass is 317 g/mol. The maximum absolute atomic E-state index is 12.8. The van der Waals surface area contributed by atoms with Crippen molar-refractivity contribution in [3.63, 3.8) is 0 Å². The van der Waals surface area contributed by atoms with Gasteiger partial charge in [-0.15, -0.1) is 0 Å². The zero-order chi connectivity index (χ0) is 16.8. The Morgan fingerprint density at radius 1 is 0.917 bits per heavy atom. The average Bonchev–Trinajstić information content (AvgIpc) is 2.65. The van der Waals surface area contributed by atoms with Crippen LogP contribution in [0.2, 0.25) is 0 Å². The van der Waals surface area contributed by atoms with Crippen LogP contribution >= 0.6 is 0 Å². The SMILES string of the molecule is CCCCCCc1ccc(C(=O)c2ccnc3ccccc23)cc1. The number of benzene rings is 2. The Morgan fingerprint density at radius 3 is 2.50 bits per heavy atom. The van der Waals surface area contributed by atoms with E-state index in [1.165, 1.54) is 31.2 Å². The molecule has 1 aromatic heterocycles. The van der Waals surface area contributed by atoms with E-state index in [0.29, 0.717) is 0 Å². The van der Waals surface area contributed by atoms with Gasteiger partial charge in [-0.3, -0.25) is 9.78 Å². The molecule has 0 saturated carbocycles. The van der Waals surface area contributed by atoms with Gasteiger partial charge in [-0.2, -0.15) is 0 Å². The largest absolute Gasteiger partial charge is 0.289 e. The van der Waals surface area contributed by atoms with E-state index in [2.05, 4.69) is 24.0 Å². The number of nitrogens with zero attached hydrogens (tertiary/aromatic N) is 1. The average molecular weight is 317 g/mol. The first-order chi connectivity index (χ1) is 11.8. The van der Waals surface area contributed by atoms with Crippen molar-refractivity contribution in [3.05, 3.63) is 77.5 Å². The van der Waals surface area contributed by atoms with Gasteiger partial charge in [0.2, 0.25) is 0 Å². The van der Waals surface area contributed by atoms with E-state index in [4.69, 9.17) is 0 Å². The summed E-state index contributed by atoms with van der Waals surface area (Å²) in [6.45, 7) is 2.23. The summed E-state index contributed by atoms with van der Waals surface area (Å²) in [5.41, 5.74) is 3.62. The predicted octanol–water partition coefficient (Wildman–Crippen LogP) is 5.59. The summed E-state index contributed by atoms with van der Waals surface area (Å²) in [5, 5.41) is 0.911. The number of pyridine rings is 1. The van der Waals surface area contributed by atoms with Gasteiger partial charge in [-0.1, -0.05) is 68.7 Å². The molecule has 2 nitrogen and oxygen atoms in total. The summed E-state index contributed by atoms with van der Waals surface area (Å²) in [5.74, 6) is 0.0612. The van der Waals surface area contributed by atoms with Crippen LogP contribution in [0.1, 0.15) is 54.1 Å². The Balaban J connectivity index is 1.77. The molecule has 0 spiro atoms. The smallest absolute Gasteiger partial charge is 0.193 e. The van der Waals surface area contributed by atoms with E-state index >= 15 is 0 Å². The number of para-hydroxylation sites is 1. The van der Waals surface area contributed by atoms with Crippen LogP contribution in [0.25, 0.3) is 10.9 Å². The van der Waals surface area contributed by atoms with Gasteiger partial charge < -0.3 is 0 Å². The first kappa shape index (κ1) is 16.4. The molecular weight excluding hydrogens is 294 g/mol. The molecular formula is C22H23NO. The molecule has 0 N–H and O–H groups in total. The van der Waals surface area contributed by atoms with Crippen molar-refractivity contribution in [1.82, 2.24) is 4.98 Å². The van der Waals surface area contributed by atoms with E-state index in [1.807, 2.05) is 42.5 Å². The van der Waals surface area contributed by atoms with Crippen LogP contribution < -0.4 is 0 Å². The van der Waals surface area contributed by atoms with Gasteiger partial charge in [0.1, 0.15) is 0 Å². The molecule has 0 radical (unpaired) electrons. The molecule has 1 heterocycles. The van der Waals surface area contributed by atoms with Crippen molar-refractivity contribution in [2.24, 2.45) is 0 Å². The highest BCUT2D eigenvalue weighted by Crippen LogP contribution is 2.20. The highest BCUT2D eigenvalue weighted by atomic mass is 16.1. The predicted molar refractivity (Wildman–Crippen MR) is 99.5 cm³/mol. The van der Waals surface area contributed by atoms with Gasteiger partial charge in [-0.05, 0) is 30.5 Å². The van der Waals surface area contributed by atoms with Gasteiger partial charge in [0.25, 0.3) is 0 Å². The summed E-state index contributed by atoms with van der Waals surface area (Å²) in [6.07, 6.45) is 7.85. The van der Waals surface area contributed by atoms with Crippen molar-refractivity contribution < 1.29 is 4.79 Å². The van der Waals surface area contributed by atoms with Crippen LogP contribution in [0.4, 0.5) is 0 Å². The van der Waals surface area contributed by atoms with E-state index in [0.717, 1.165) is 28.5 Å². The minimum atomic E-state index is 0.0612. The van der Waals surface area contributed by atoms with Crippen molar-refractivity contribution in [1.29, 1.82) is 0 Å². The Kier molecular flexibility index (Phi) is 5.37. The fourth-order valence-corrected chi connectivity index (χ4v) is 3.03. The minimum absolute atomic E-state index is 0.0612. The number of hydrogen-bond donors (Lipinski definition) is 0. The maximum atomic E-state index is 12.8. The van der Waals surface area contributed by atoms with Crippen molar-refractivity contribution in [3.8, 4) is 0 Å². The fraction of sp³-hybridized carbons (Fsp3) is 0.273. The molecule has 0 bridgehead atoms. The third kappa shape index (κ3) is 3.70. The molecule has 0 aliphatic rings. The van der Waals surface area contributed by atoms with Crippen LogP contribution in [0.5, 0.6) is 0 Å². The number of aryl methyl sites for hydroxylation is 1. The Bertz CT molecular complexity index is 816. The number of ketones is 1. The number of hydrogen-bond acceptors (Lipinski definition) is 2. The van der Waals surface area contributed by atoms with Crippen molar-refractivity contribution in [2.45, 2.75) is 39.0 Å². The van der Waals surface area contributed by atoms with E-state index < -0.39 is 0 Å². The number of fused-ring (bicyclic) bond motifs is 1. The molecule has 0 aliphatic carbocycles. The van der Waals surface area contributed by atoms with Crippen LogP contribution in [-0.4, -0.2) is 10.8 Å². The highest BCUT2D eigenvalue weighted by molar-refractivity contribution is 6.15. The van der Waals surface area contributed by atoms with Gasteiger partial charge in [0.15, 0.2) is 5.78 Å². The molecule has 3 aromatic rings. The molecule has 0 fully saturated rings. The highest BCUT2D eigenvalue weighted by Gasteiger charge is 2.12. The second-order valence-corrected chi connectivity index (χ2v) is 6.21. The number of carbonyl (C=O) groups is 1. The van der Waals surface area contributed by atoms with Gasteiger partial charge in [0.05, 0.1) is 5.52 Å². The van der Waals surface area contributed by atoms with Crippen molar-refractivity contribution in [2.75, 3.05) is 0 Å². The quantitative estimate of drug-likeness (QED) is 0.420. The van der Waals surface area contributed by atoms with Crippen LogP contribution in [0.3, 0.4) is 0 Å². The molecule has 2 aromatic carbocycles. The van der Waals surface area contributed by atoms with E-state index in [-0.39, 0.29) is 5.78 Å². The topological polar surface area (TPSA) is 30.0 Å². The molecule has 122 valence electrons. The molecule has 0 amide bonds. The van der Waals surface area contributed by atoms with Crippen LogP contribution in [0.15, 0.2) is 60.8 Å². The standard InChI is InChI=1S/C22H23NO/c1-2-3-4-5-8-17-11-13-18(14-12-17)22(24)20-15-16-23-21-10-7-6-9-19(20)21/h6-7,9-16H,2-5,8H2,1H3. The summed E-state index contributed by atoms with van der Waals surface area (Å²) in [4.78, 5) is 17.2. The Labute approximate surface area is 143 Å². The first-order valence-electron chi connectivity index (χ1n) is 8.77. The Hall–Kier alpha value is -2.48. The summed E-state index contributed by atoms with van der Waals surface area (Å²) < 4.78 is 0. The fourth-order valence-electron chi connectivity index (χ4n) is 3.03.